The van der Waals surface area contributed by atoms with Crippen LogP contribution in [0, 0.1) is 0 Å². The monoisotopic (exact) mass is 493 g/mol. The van der Waals surface area contributed by atoms with Crippen LogP contribution in [-0.4, -0.2) is 64.6 Å². The van der Waals surface area contributed by atoms with Gasteiger partial charge in [0.2, 0.25) is 11.8 Å². The van der Waals surface area contributed by atoms with Gasteiger partial charge in [-0.3, -0.25) is 9.59 Å². The molecule has 4 rings (SSSR count). The number of aromatic nitrogens is 3. The Morgan fingerprint density at radius 3 is 2.64 bits per heavy atom. The van der Waals surface area contributed by atoms with Crippen molar-refractivity contribution < 1.29 is 19.1 Å². The van der Waals surface area contributed by atoms with E-state index in [1.807, 2.05) is 55.5 Å². The standard InChI is InChI=1S/C27H35N5O4/c1-3-36-24-16-10-7-13-21(24)26(27(34)28-20-11-5-4-6-12-20)31(17-18-35-2)25(33)19-32-23-15-9-8-14-22(23)29-30-32/h7-10,13-16,20,26H,3-6,11-12,17-19H2,1-2H3,(H,28,34). The van der Waals surface area contributed by atoms with Gasteiger partial charge in [-0.05, 0) is 38.0 Å². The largest absolute Gasteiger partial charge is 0.494 e. The lowest BCUT2D eigenvalue weighted by Gasteiger charge is -2.34. The Hall–Kier alpha value is -3.46. The molecule has 9 nitrogen and oxygen atoms in total. The SMILES string of the molecule is CCOc1ccccc1C(C(=O)NC1CCCCC1)N(CCOC)C(=O)Cn1nnc2ccccc21. The van der Waals surface area contributed by atoms with Crippen molar-refractivity contribution >= 4 is 22.8 Å². The molecule has 1 heterocycles. The molecule has 1 aliphatic rings. The lowest BCUT2D eigenvalue weighted by Crippen LogP contribution is -2.49. The van der Waals surface area contributed by atoms with Gasteiger partial charge < -0.3 is 19.7 Å². The predicted molar refractivity (Wildman–Crippen MR) is 136 cm³/mol. The Balaban J connectivity index is 1.69. The fourth-order valence-electron chi connectivity index (χ4n) is 4.81. The average Bonchev–Trinajstić information content (AvgIpc) is 3.30. The molecule has 1 saturated carbocycles. The fraction of sp³-hybridized carbons (Fsp3) is 0.481. The van der Waals surface area contributed by atoms with Crippen molar-refractivity contribution in [3.8, 4) is 5.75 Å². The Morgan fingerprint density at radius 2 is 1.86 bits per heavy atom. The van der Waals surface area contributed by atoms with E-state index in [-0.39, 0.29) is 37.6 Å². The number of carbonyl (C=O) groups excluding carboxylic acids is 2. The second-order valence-electron chi connectivity index (χ2n) is 9.03. The molecule has 9 heteroatoms. The minimum absolute atomic E-state index is 0.0474. The molecule has 1 fully saturated rings. The highest BCUT2D eigenvalue weighted by atomic mass is 16.5. The van der Waals surface area contributed by atoms with Crippen molar-refractivity contribution in [1.82, 2.24) is 25.2 Å². The molecular formula is C27H35N5O4. The van der Waals surface area contributed by atoms with Crippen molar-refractivity contribution in [3.05, 3.63) is 54.1 Å². The highest BCUT2D eigenvalue weighted by molar-refractivity contribution is 5.90. The van der Waals surface area contributed by atoms with Gasteiger partial charge in [0.05, 0.1) is 18.7 Å². The van der Waals surface area contributed by atoms with E-state index < -0.39 is 6.04 Å². The number of amides is 2. The van der Waals surface area contributed by atoms with E-state index in [1.165, 1.54) is 6.42 Å². The summed E-state index contributed by atoms with van der Waals surface area (Å²) < 4.78 is 12.8. The number of benzene rings is 2. The predicted octanol–water partition coefficient (Wildman–Crippen LogP) is 3.50. The maximum Gasteiger partial charge on any atom is 0.247 e. The first-order chi connectivity index (χ1) is 17.6. The highest BCUT2D eigenvalue weighted by Crippen LogP contribution is 2.31. The van der Waals surface area contributed by atoms with E-state index in [0.29, 0.717) is 23.4 Å². The van der Waals surface area contributed by atoms with Crippen molar-refractivity contribution in [2.24, 2.45) is 0 Å². The third-order valence-corrected chi connectivity index (χ3v) is 6.59. The zero-order valence-corrected chi connectivity index (χ0v) is 21.1. The van der Waals surface area contributed by atoms with E-state index in [9.17, 15) is 9.59 Å². The maximum absolute atomic E-state index is 13.9. The summed E-state index contributed by atoms with van der Waals surface area (Å²) in [5.74, 6) is 0.130. The van der Waals surface area contributed by atoms with Crippen LogP contribution in [0.2, 0.25) is 0 Å². The fourth-order valence-corrected chi connectivity index (χ4v) is 4.81. The zero-order chi connectivity index (χ0) is 25.3. The van der Waals surface area contributed by atoms with Crippen LogP contribution in [0.15, 0.2) is 48.5 Å². The normalized spacial score (nSPS) is 14.9. The summed E-state index contributed by atoms with van der Waals surface area (Å²) in [6.07, 6.45) is 5.27. The van der Waals surface area contributed by atoms with Crippen LogP contribution in [0.1, 0.15) is 50.6 Å². The first-order valence-electron chi connectivity index (χ1n) is 12.7. The van der Waals surface area contributed by atoms with Gasteiger partial charge in [0.25, 0.3) is 0 Å². The highest BCUT2D eigenvalue weighted by Gasteiger charge is 2.35. The second kappa shape index (κ2) is 12.5. The number of nitrogens with zero attached hydrogens (tertiary/aromatic N) is 4. The van der Waals surface area contributed by atoms with E-state index in [1.54, 1.807) is 16.7 Å². The Morgan fingerprint density at radius 1 is 1.11 bits per heavy atom. The average molecular weight is 494 g/mol. The number of fused-ring (bicyclic) bond motifs is 1. The third kappa shape index (κ3) is 6.02. The molecule has 2 amide bonds. The minimum atomic E-state index is -0.868. The van der Waals surface area contributed by atoms with Crippen LogP contribution in [0.3, 0.4) is 0 Å². The van der Waals surface area contributed by atoms with Crippen LogP contribution in [-0.2, 0) is 20.9 Å². The summed E-state index contributed by atoms with van der Waals surface area (Å²) in [5.41, 5.74) is 2.12. The summed E-state index contributed by atoms with van der Waals surface area (Å²) in [4.78, 5) is 29.2. The van der Waals surface area contributed by atoms with Crippen LogP contribution >= 0.6 is 0 Å². The number of methoxy groups -OCH3 is 1. The number of nitrogens with one attached hydrogen (secondary N) is 1. The third-order valence-electron chi connectivity index (χ3n) is 6.59. The molecule has 1 aromatic heterocycles. The number of hydrogen-bond donors (Lipinski definition) is 1. The number of ether oxygens (including phenoxy) is 2. The Kier molecular flexibility index (Phi) is 8.89. The Bertz CT molecular complexity index is 1160. The summed E-state index contributed by atoms with van der Waals surface area (Å²) in [6, 6.07) is 14.1. The van der Waals surface area contributed by atoms with Gasteiger partial charge in [-0.25, -0.2) is 4.68 Å². The van der Waals surface area contributed by atoms with Gasteiger partial charge >= 0.3 is 0 Å². The maximum atomic E-state index is 13.9. The molecular weight excluding hydrogens is 458 g/mol. The Labute approximate surface area is 211 Å². The van der Waals surface area contributed by atoms with Crippen molar-refractivity contribution in [3.63, 3.8) is 0 Å². The van der Waals surface area contributed by atoms with Gasteiger partial charge in [-0.15, -0.1) is 5.10 Å². The molecule has 1 aliphatic carbocycles. The molecule has 0 aliphatic heterocycles. The molecule has 2 aromatic carbocycles. The van der Waals surface area contributed by atoms with Crippen molar-refractivity contribution in [2.45, 2.75) is 57.7 Å². The number of rotatable bonds is 11. The molecule has 192 valence electrons. The van der Waals surface area contributed by atoms with Gasteiger partial charge in [0.1, 0.15) is 23.9 Å². The summed E-state index contributed by atoms with van der Waals surface area (Å²) in [7, 11) is 1.58. The number of carbonyl (C=O) groups is 2. The lowest BCUT2D eigenvalue weighted by molar-refractivity contribution is -0.142. The van der Waals surface area contributed by atoms with Gasteiger partial charge in [-0.2, -0.15) is 0 Å². The topological polar surface area (TPSA) is 98.6 Å². The molecule has 36 heavy (non-hydrogen) atoms. The van der Waals surface area contributed by atoms with Gasteiger partial charge in [0.15, 0.2) is 0 Å². The smallest absolute Gasteiger partial charge is 0.247 e. The first-order valence-corrected chi connectivity index (χ1v) is 12.7. The first kappa shape index (κ1) is 25.6. The van der Waals surface area contributed by atoms with E-state index in [4.69, 9.17) is 9.47 Å². The molecule has 3 aromatic rings. The number of para-hydroxylation sites is 2. The van der Waals surface area contributed by atoms with Gasteiger partial charge in [-0.1, -0.05) is 54.8 Å². The van der Waals surface area contributed by atoms with Crippen LogP contribution < -0.4 is 10.1 Å². The molecule has 1 atom stereocenters. The summed E-state index contributed by atoms with van der Waals surface area (Å²) >= 11 is 0. The number of hydrogen-bond acceptors (Lipinski definition) is 6. The van der Waals surface area contributed by atoms with Crippen LogP contribution in [0.25, 0.3) is 11.0 Å². The molecule has 1 N–H and O–H groups in total. The van der Waals surface area contributed by atoms with E-state index in [0.717, 1.165) is 31.2 Å². The molecule has 1 unspecified atom stereocenters. The van der Waals surface area contributed by atoms with E-state index in [2.05, 4.69) is 15.6 Å². The molecule has 0 radical (unpaired) electrons. The molecule has 0 spiro atoms. The summed E-state index contributed by atoms with van der Waals surface area (Å²) in [5, 5.41) is 11.6. The van der Waals surface area contributed by atoms with Gasteiger partial charge in [0, 0.05) is 25.3 Å². The van der Waals surface area contributed by atoms with E-state index >= 15 is 0 Å². The van der Waals surface area contributed by atoms with Crippen molar-refractivity contribution in [2.75, 3.05) is 26.9 Å². The quantitative estimate of drug-likeness (QED) is 0.439. The molecule has 0 saturated heterocycles. The summed E-state index contributed by atoms with van der Waals surface area (Å²) in [6.45, 7) is 2.83. The zero-order valence-electron chi connectivity index (χ0n) is 21.1. The van der Waals surface area contributed by atoms with Crippen molar-refractivity contribution in [1.29, 1.82) is 0 Å². The molecule has 0 bridgehead atoms. The second-order valence-corrected chi connectivity index (χ2v) is 9.03. The lowest BCUT2D eigenvalue weighted by atomic mass is 9.94. The van der Waals surface area contributed by atoms with Crippen LogP contribution in [0.4, 0.5) is 0 Å². The minimum Gasteiger partial charge on any atom is -0.494 e. The van der Waals surface area contributed by atoms with Crippen LogP contribution in [0.5, 0.6) is 5.75 Å².